The zero-order chi connectivity index (χ0) is 20.4. The van der Waals surface area contributed by atoms with Crippen molar-refractivity contribution < 1.29 is 13.9 Å². The lowest BCUT2D eigenvalue weighted by molar-refractivity contribution is -0.131. The van der Waals surface area contributed by atoms with Gasteiger partial charge in [0.25, 0.3) is 0 Å². The number of aryl methyl sites for hydroxylation is 4. The first-order valence-electron chi connectivity index (χ1n) is 9.84. The van der Waals surface area contributed by atoms with Gasteiger partial charge in [-0.15, -0.1) is 0 Å². The number of hydrogen-bond acceptors (Lipinski definition) is 8. The molecule has 4 rings (SSSR count). The highest BCUT2D eigenvalue weighted by atomic mass is 16.6. The Kier molecular flexibility index (Phi) is 5.37. The van der Waals surface area contributed by atoms with Crippen molar-refractivity contribution in [1.29, 1.82) is 0 Å². The lowest BCUT2D eigenvalue weighted by atomic mass is 10.1. The minimum atomic E-state index is 0.0751. The number of rotatable bonds is 6. The minimum Gasteiger partial charge on any atom is -0.361 e. The van der Waals surface area contributed by atoms with Crippen LogP contribution in [0.25, 0.3) is 11.3 Å². The van der Waals surface area contributed by atoms with E-state index in [0.29, 0.717) is 11.4 Å². The van der Waals surface area contributed by atoms with Gasteiger partial charge in [-0.1, -0.05) is 15.5 Å². The van der Waals surface area contributed by atoms with E-state index < -0.39 is 0 Å². The van der Waals surface area contributed by atoms with E-state index in [1.165, 1.54) is 0 Å². The molecule has 3 aromatic rings. The van der Waals surface area contributed by atoms with Gasteiger partial charge in [0.05, 0.1) is 35.3 Å². The van der Waals surface area contributed by atoms with Crippen LogP contribution >= 0.6 is 0 Å². The molecule has 1 atom stereocenters. The number of hydrogen-bond donors (Lipinski definition) is 0. The molecule has 9 heteroatoms. The molecule has 1 aliphatic heterocycles. The summed E-state index contributed by atoms with van der Waals surface area (Å²) in [4.78, 5) is 23.7. The Hall–Kier alpha value is -3.10. The van der Waals surface area contributed by atoms with Crippen molar-refractivity contribution in [2.75, 3.05) is 6.54 Å². The molecule has 0 spiro atoms. The van der Waals surface area contributed by atoms with Crippen molar-refractivity contribution >= 4 is 5.91 Å². The Morgan fingerprint density at radius 3 is 2.66 bits per heavy atom. The summed E-state index contributed by atoms with van der Waals surface area (Å²) in [5.41, 5.74) is 4.66. The van der Waals surface area contributed by atoms with Crippen molar-refractivity contribution in [3.05, 3.63) is 40.9 Å². The fraction of sp³-hybridized carbons (Fsp3) is 0.500. The molecule has 3 aromatic heterocycles. The first kappa shape index (κ1) is 19.2. The van der Waals surface area contributed by atoms with E-state index in [4.69, 9.17) is 9.15 Å². The number of aromatic nitrogens is 5. The molecule has 1 saturated heterocycles. The second-order valence-electron chi connectivity index (χ2n) is 7.49. The van der Waals surface area contributed by atoms with Crippen molar-refractivity contribution in [3.63, 3.8) is 0 Å². The van der Waals surface area contributed by atoms with Crippen LogP contribution in [-0.4, -0.2) is 48.8 Å². The predicted octanol–water partition coefficient (Wildman–Crippen LogP) is 2.61. The largest absolute Gasteiger partial charge is 0.361 e. The SMILES string of the molecule is Cc1nonc1CC(=O)N1CCC[C@@H]1CCc1cnc(-c2c(C)noc2C)cn1. The summed E-state index contributed by atoms with van der Waals surface area (Å²) in [6.07, 6.45) is 7.45. The zero-order valence-electron chi connectivity index (χ0n) is 16.9. The van der Waals surface area contributed by atoms with Gasteiger partial charge in [0.2, 0.25) is 5.91 Å². The molecule has 4 heterocycles. The maximum absolute atomic E-state index is 12.7. The Bertz CT molecular complexity index is 975. The molecule has 1 fully saturated rings. The fourth-order valence-corrected chi connectivity index (χ4v) is 3.89. The highest BCUT2D eigenvalue weighted by molar-refractivity contribution is 5.79. The number of likely N-dealkylation sites (tertiary alicyclic amines) is 1. The average Bonchev–Trinajstić information content (AvgIpc) is 3.42. The Balaban J connectivity index is 1.37. The van der Waals surface area contributed by atoms with Crippen LogP contribution < -0.4 is 0 Å². The van der Waals surface area contributed by atoms with Gasteiger partial charge in [-0.2, -0.15) is 0 Å². The first-order valence-corrected chi connectivity index (χ1v) is 9.84. The molecule has 0 bridgehead atoms. The van der Waals surface area contributed by atoms with Gasteiger partial charge in [-0.3, -0.25) is 14.8 Å². The molecule has 0 aromatic carbocycles. The smallest absolute Gasteiger partial charge is 0.229 e. The molecular formula is C20H24N6O3. The second-order valence-corrected chi connectivity index (χ2v) is 7.49. The molecule has 0 aliphatic carbocycles. The third-order valence-electron chi connectivity index (χ3n) is 5.49. The summed E-state index contributed by atoms with van der Waals surface area (Å²) in [6.45, 7) is 6.34. The predicted molar refractivity (Wildman–Crippen MR) is 103 cm³/mol. The highest BCUT2D eigenvalue weighted by Crippen LogP contribution is 2.25. The lowest BCUT2D eigenvalue weighted by Crippen LogP contribution is -2.37. The molecular weight excluding hydrogens is 372 g/mol. The minimum absolute atomic E-state index is 0.0751. The zero-order valence-corrected chi connectivity index (χ0v) is 16.9. The van der Waals surface area contributed by atoms with Crippen LogP contribution in [0.2, 0.25) is 0 Å². The average molecular weight is 396 g/mol. The van der Waals surface area contributed by atoms with E-state index in [1.54, 1.807) is 19.3 Å². The van der Waals surface area contributed by atoms with Gasteiger partial charge in [0, 0.05) is 18.8 Å². The van der Waals surface area contributed by atoms with E-state index in [2.05, 4.69) is 25.4 Å². The van der Waals surface area contributed by atoms with E-state index >= 15 is 0 Å². The van der Waals surface area contributed by atoms with Crippen LogP contribution in [0, 0.1) is 20.8 Å². The second kappa shape index (κ2) is 8.10. The Morgan fingerprint density at radius 1 is 1.14 bits per heavy atom. The third-order valence-corrected chi connectivity index (χ3v) is 5.49. The van der Waals surface area contributed by atoms with Crippen molar-refractivity contribution in [3.8, 4) is 11.3 Å². The standard InChI is InChI=1S/C20H24N6O3/c1-12-17(25-29-24-12)9-19(27)26-8-4-5-16(26)7-6-15-10-22-18(11-21-15)20-13(2)23-28-14(20)3/h10-11,16H,4-9H2,1-3H3/t16-/m1/s1. The van der Waals surface area contributed by atoms with Gasteiger partial charge in [0.1, 0.15) is 17.1 Å². The number of carbonyl (C=O) groups is 1. The Labute approximate surface area is 168 Å². The molecule has 9 nitrogen and oxygen atoms in total. The summed E-state index contributed by atoms with van der Waals surface area (Å²) in [5.74, 6) is 0.813. The number of nitrogens with zero attached hydrogens (tertiary/aromatic N) is 6. The first-order chi connectivity index (χ1) is 14.0. The maximum atomic E-state index is 12.7. The molecule has 29 heavy (non-hydrogen) atoms. The molecule has 0 radical (unpaired) electrons. The molecule has 1 aliphatic rings. The number of carbonyl (C=O) groups excluding carboxylic acids is 1. The van der Waals surface area contributed by atoms with E-state index in [-0.39, 0.29) is 18.4 Å². The van der Waals surface area contributed by atoms with E-state index in [9.17, 15) is 4.79 Å². The van der Waals surface area contributed by atoms with Gasteiger partial charge in [-0.05, 0) is 46.5 Å². The number of amides is 1. The maximum Gasteiger partial charge on any atom is 0.229 e. The van der Waals surface area contributed by atoms with Gasteiger partial charge >= 0.3 is 0 Å². The fourth-order valence-electron chi connectivity index (χ4n) is 3.89. The normalized spacial score (nSPS) is 16.5. The monoisotopic (exact) mass is 396 g/mol. The van der Waals surface area contributed by atoms with E-state index in [0.717, 1.165) is 60.6 Å². The van der Waals surface area contributed by atoms with Gasteiger partial charge in [0.15, 0.2) is 0 Å². The van der Waals surface area contributed by atoms with Gasteiger partial charge < -0.3 is 9.42 Å². The van der Waals surface area contributed by atoms with Crippen LogP contribution in [0.3, 0.4) is 0 Å². The Morgan fingerprint density at radius 2 is 2.00 bits per heavy atom. The van der Waals surface area contributed by atoms with Crippen molar-refractivity contribution in [2.45, 2.75) is 58.9 Å². The molecule has 1 amide bonds. The van der Waals surface area contributed by atoms with Crippen molar-refractivity contribution in [1.82, 2.24) is 30.3 Å². The highest BCUT2D eigenvalue weighted by Gasteiger charge is 2.29. The molecule has 0 N–H and O–H groups in total. The summed E-state index contributed by atoms with van der Waals surface area (Å²) in [6, 6.07) is 0.215. The van der Waals surface area contributed by atoms with E-state index in [1.807, 2.05) is 18.7 Å². The van der Waals surface area contributed by atoms with Crippen LogP contribution in [-0.2, 0) is 17.6 Å². The van der Waals surface area contributed by atoms with Crippen LogP contribution in [0.15, 0.2) is 21.5 Å². The molecule has 0 unspecified atom stereocenters. The van der Waals surface area contributed by atoms with Crippen LogP contribution in [0.1, 0.15) is 47.8 Å². The van der Waals surface area contributed by atoms with Crippen LogP contribution in [0.5, 0.6) is 0 Å². The quantitative estimate of drug-likeness (QED) is 0.625. The summed E-state index contributed by atoms with van der Waals surface area (Å²) in [7, 11) is 0. The summed E-state index contributed by atoms with van der Waals surface area (Å²) >= 11 is 0. The third kappa shape index (κ3) is 4.03. The lowest BCUT2D eigenvalue weighted by Gasteiger charge is -2.24. The molecule has 152 valence electrons. The summed E-state index contributed by atoms with van der Waals surface area (Å²) in [5, 5.41) is 11.5. The van der Waals surface area contributed by atoms with Crippen LogP contribution in [0.4, 0.5) is 0 Å². The van der Waals surface area contributed by atoms with Crippen molar-refractivity contribution in [2.24, 2.45) is 0 Å². The topological polar surface area (TPSA) is 111 Å². The summed E-state index contributed by atoms with van der Waals surface area (Å²) < 4.78 is 9.90. The molecule has 0 saturated carbocycles. The van der Waals surface area contributed by atoms with Gasteiger partial charge in [-0.25, -0.2) is 4.63 Å².